The van der Waals surface area contributed by atoms with Crippen LogP contribution in [-0.4, -0.2) is 29.7 Å². The molecule has 0 aromatic rings. The number of carbonyl (C=O) groups excluding carboxylic acids is 2. The smallest absolute Gasteiger partial charge is 0.354 e. The number of hydrogen-bond acceptors (Lipinski definition) is 5. The van der Waals surface area contributed by atoms with Gasteiger partial charge in [-0.25, -0.2) is 4.79 Å². The highest BCUT2D eigenvalue weighted by Gasteiger charge is 2.57. The average molecular weight is 225 g/mol. The maximum Gasteiger partial charge on any atom is 0.354 e. The first-order valence-corrected chi connectivity index (χ1v) is 5.45. The van der Waals surface area contributed by atoms with Crippen LogP contribution in [0.5, 0.6) is 0 Å². The minimum absolute atomic E-state index is 0.0203. The third kappa shape index (κ3) is 1.60. The van der Waals surface area contributed by atoms with Crippen LogP contribution in [0.15, 0.2) is 5.16 Å². The first kappa shape index (κ1) is 11.1. The number of fused-ring (bicyclic) bond motifs is 1. The molecule has 2 aliphatic rings. The molecule has 0 N–H and O–H groups in total. The molecular formula is C11H15NO4. The molecule has 0 spiro atoms. The lowest BCUT2D eigenvalue weighted by Crippen LogP contribution is -2.44. The number of rotatable bonds is 3. The zero-order valence-corrected chi connectivity index (χ0v) is 9.49. The van der Waals surface area contributed by atoms with E-state index in [9.17, 15) is 9.59 Å². The van der Waals surface area contributed by atoms with Gasteiger partial charge in [0.2, 0.25) is 5.60 Å². The average Bonchev–Trinajstić information content (AvgIpc) is 2.77. The van der Waals surface area contributed by atoms with Crippen molar-refractivity contribution in [3.05, 3.63) is 0 Å². The molecule has 1 aliphatic heterocycles. The first-order valence-electron chi connectivity index (χ1n) is 5.45. The van der Waals surface area contributed by atoms with Crippen LogP contribution >= 0.6 is 0 Å². The maximum absolute atomic E-state index is 11.9. The second-order valence-electron chi connectivity index (χ2n) is 4.44. The number of nitrogens with zero attached hydrogens (tertiary/aromatic N) is 1. The van der Waals surface area contributed by atoms with Crippen molar-refractivity contribution < 1.29 is 19.2 Å². The predicted octanol–water partition coefficient (Wildman–Crippen LogP) is 1.06. The molecular weight excluding hydrogens is 210 g/mol. The van der Waals surface area contributed by atoms with Gasteiger partial charge in [0.25, 0.3) is 0 Å². The fraction of sp³-hybridized carbons (Fsp3) is 0.727. The van der Waals surface area contributed by atoms with E-state index in [4.69, 9.17) is 9.57 Å². The number of hydrogen-bond donors (Lipinski definition) is 0. The minimum atomic E-state index is -0.945. The highest BCUT2D eigenvalue weighted by molar-refractivity contribution is 5.95. The summed E-state index contributed by atoms with van der Waals surface area (Å²) in [6.07, 6.45) is 2.44. The van der Waals surface area contributed by atoms with Crippen LogP contribution < -0.4 is 0 Å². The van der Waals surface area contributed by atoms with Crippen molar-refractivity contribution >= 4 is 17.5 Å². The minimum Gasteiger partial charge on any atom is -0.455 e. The Kier molecular flexibility index (Phi) is 2.69. The van der Waals surface area contributed by atoms with Crippen LogP contribution in [-0.2, 0) is 19.2 Å². The van der Waals surface area contributed by atoms with E-state index in [-0.39, 0.29) is 18.3 Å². The summed E-state index contributed by atoms with van der Waals surface area (Å²) in [7, 11) is 0. The van der Waals surface area contributed by atoms with Gasteiger partial charge in [0.1, 0.15) is 6.61 Å². The van der Waals surface area contributed by atoms with Crippen LogP contribution in [0.1, 0.15) is 33.1 Å². The second kappa shape index (κ2) is 3.88. The molecule has 1 fully saturated rings. The van der Waals surface area contributed by atoms with Crippen molar-refractivity contribution in [1.29, 1.82) is 0 Å². The first-order chi connectivity index (χ1) is 7.56. The quantitative estimate of drug-likeness (QED) is 0.674. The van der Waals surface area contributed by atoms with Gasteiger partial charge in [-0.05, 0) is 26.7 Å². The molecule has 2 unspecified atom stereocenters. The van der Waals surface area contributed by atoms with Gasteiger partial charge in [0.15, 0.2) is 5.78 Å². The SMILES string of the molecule is CC(=O)COC(=O)C12CCCC1C(C)=NO2. The normalized spacial score (nSPS) is 31.6. The molecule has 2 rings (SSSR count). The van der Waals surface area contributed by atoms with E-state index in [1.165, 1.54) is 6.92 Å². The highest BCUT2D eigenvalue weighted by atomic mass is 16.7. The van der Waals surface area contributed by atoms with Crippen LogP contribution in [0, 0.1) is 5.92 Å². The van der Waals surface area contributed by atoms with Crippen LogP contribution in [0.3, 0.4) is 0 Å². The molecule has 0 saturated heterocycles. The van der Waals surface area contributed by atoms with Crippen molar-refractivity contribution in [2.24, 2.45) is 11.1 Å². The molecule has 0 aromatic heterocycles. The van der Waals surface area contributed by atoms with E-state index in [0.29, 0.717) is 6.42 Å². The summed E-state index contributed by atoms with van der Waals surface area (Å²) in [5.74, 6) is -0.604. The van der Waals surface area contributed by atoms with Gasteiger partial charge >= 0.3 is 5.97 Å². The van der Waals surface area contributed by atoms with Crippen molar-refractivity contribution in [1.82, 2.24) is 0 Å². The number of esters is 1. The number of oxime groups is 1. The number of ketones is 1. The van der Waals surface area contributed by atoms with Gasteiger partial charge in [-0.1, -0.05) is 5.16 Å². The summed E-state index contributed by atoms with van der Waals surface area (Å²) in [6.45, 7) is 3.06. The van der Waals surface area contributed by atoms with E-state index in [2.05, 4.69) is 5.16 Å². The summed E-state index contributed by atoms with van der Waals surface area (Å²) in [6, 6.07) is 0. The fourth-order valence-corrected chi connectivity index (χ4v) is 2.42. The van der Waals surface area contributed by atoms with Crippen LogP contribution in [0.4, 0.5) is 0 Å². The van der Waals surface area contributed by atoms with Gasteiger partial charge in [0.05, 0.1) is 11.6 Å². The zero-order chi connectivity index (χ0) is 11.8. The zero-order valence-electron chi connectivity index (χ0n) is 9.49. The molecule has 88 valence electrons. The molecule has 1 saturated carbocycles. The Balaban J connectivity index is 2.08. The van der Waals surface area contributed by atoms with Crippen molar-refractivity contribution in [3.63, 3.8) is 0 Å². The summed E-state index contributed by atoms with van der Waals surface area (Å²) in [4.78, 5) is 28.0. The Morgan fingerprint density at radius 1 is 1.62 bits per heavy atom. The van der Waals surface area contributed by atoms with Crippen LogP contribution in [0.25, 0.3) is 0 Å². The Labute approximate surface area is 93.8 Å². The van der Waals surface area contributed by atoms with E-state index >= 15 is 0 Å². The molecule has 1 aliphatic carbocycles. The standard InChI is InChI=1S/C11H15NO4/c1-7(13)6-15-10(14)11-5-3-4-9(11)8(2)12-16-11/h9H,3-6H2,1-2H3. The summed E-state index contributed by atoms with van der Waals surface area (Å²) in [5, 5.41) is 3.87. The number of ether oxygens (including phenoxy) is 1. The maximum atomic E-state index is 11.9. The third-order valence-electron chi connectivity index (χ3n) is 3.21. The topological polar surface area (TPSA) is 65.0 Å². The third-order valence-corrected chi connectivity index (χ3v) is 3.21. The Hall–Kier alpha value is -1.39. The van der Waals surface area contributed by atoms with E-state index in [1.54, 1.807) is 0 Å². The monoisotopic (exact) mass is 225 g/mol. The summed E-state index contributed by atoms with van der Waals surface area (Å²) in [5.41, 5.74) is -0.100. The molecule has 1 heterocycles. The molecule has 5 heteroatoms. The van der Waals surface area contributed by atoms with Gasteiger partial charge in [-0.15, -0.1) is 0 Å². The molecule has 0 amide bonds. The van der Waals surface area contributed by atoms with Crippen molar-refractivity contribution in [2.75, 3.05) is 6.61 Å². The Morgan fingerprint density at radius 3 is 3.06 bits per heavy atom. The van der Waals surface area contributed by atoms with Gasteiger partial charge < -0.3 is 9.57 Å². The number of Topliss-reactive ketones (excluding diaryl/α,β-unsaturated/α-hetero) is 1. The molecule has 5 nitrogen and oxygen atoms in total. The fourth-order valence-electron chi connectivity index (χ4n) is 2.42. The molecule has 0 radical (unpaired) electrons. The predicted molar refractivity (Wildman–Crippen MR) is 55.9 cm³/mol. The van der Waals surface area contributed by atoms with Gasteiger partial charge in [-0.3, -0.25) is 4.79 Å². The lowest BCUT2D eigenvalue weighted by molar-refractivity contribution is -0.173. The van der Waals surface area contributed by atoms with Crippen molar-refractivity contribution in [3.8, 4) is 0 Å². The Morgan fingerprint density at radius 2 is 2.38 bits per heavy atom. The van der Waals surface area contributed by atoms with Crippen molar-refractivity contribution in [2.45, 2.75) is 38.7 Å². The lowest BCUT2D eigenvalue weighted by atomic mass is 9.88. The largest absolute Gasteiger partial charge is 0.455 e. The number of carbonyl (C=O) groups is 2. The van der Waals surface area contributed by atoms with Gasteiger partial charge in [0, 0.05) is 6.42 Å². The Bertz CT molecular complexity index is 363. The van der Waals surface area contributed by atoms with Crippen LogP contribution in [0.2, 0.25) is 0 Å². The highest BCUT2D eigenvalue weighted by Crippen LogP contribution is 2.44. The molecule has 0 bridgehead atoms. The molecule has 16 heavy (non-hydrogen) atoms. The second-order valence-corrected chi connectivity index (χ2v) is 4.44. The van der Waals surface area contributed by atoms with E-state index in [0.717, 1.165) is 18.6 Å². The lowest BCUT2D eigenvalue weighted by Gasteiger charge is -2.23. The summed E-state index contributed by atoms with van der Waals surface area (Å²) >= 11 is 0. The van der Waals surface area contributed by atoms with E-state index in [1.807, 2.05) is 6.92 Å². The molecule has 2 atom stereocenters. The molecule has 0 aromatic carbocycles. The van der Waals surface area contributed by atoms with E-state index < -0.39 is 11.6 Å². The summed E-state index contributed by atoms with van der Waals surface area (Å²) < 4.78 is 4.95. The van der Waals surface area contributed by atoms with Gasteiger partial charge in [-0.2, -0.15) is 0 Å².